The average Bonchev–Trinajstić information content (AvgIpc) is 2.18. The maximum atomic E-state index is 9.27. The second-order valence-electron chi connectivity index (χ2n) is 3.74. The molecule has 1 rings (SSSR count). The Labute approximate surface area is 91.4 Å². The minimum Gasteiger partial charge on any atom is -0.494 e. The maximum absolute atomic E-state index is 9.27. The summed E-state index contributed by atoms with van der Waals surface area (Å²) in [6.45, 7) is 7.22. The standard InChI is InChI=1S/C12H20O3/c1-4-14-11-7-6-10(9-13)12(3,8-11)15-5-2/h6-8,10,13H,4-5,9H2,1-3H3/t10-,12-/m0/s1. The van der Waals surface area contributed by atoms with Crippen molar-refractivity contribution in [3.8, 4) is 0 Å². The molecule has 0 amide bonds. The molecule has 0 aromatic rings. The fourth-order valence-electron chi connectivity index (χ4n) is 1.80. The summed E-state index contributed by atoms with van der Waals surface area (Å²) in [4.78, 5) is 0. The highest BCUT2D eigenvalue weighted by molar-refractivity contribution is 5.26. The van der Waals surface area contributed by atoms with E-state index in [1.165, 1.54) is 0 Å². The maximum Gasteiger partial charge on any atom is 0.117 e. The Morgan fingerprint density at radius 2 is 2.13 bits per heavy atom. The van der Waals surface area contributed by atoms with Crippen LogP contribution in [-0.2, 0) is 9.47 Å². The van der Waals surface area contributed by atoms with Crippen molar-refractivity contribution in [2.75, 3.05) is 19.8 Å². The first-order valence-electron chi connectivity index (χ1n) is 5.45. The number of hydrogen-bond acceptors (Lipinski definition) is 3. The molecule has 2 atom stereocenters. The molecule has 0 fully saturated rings. The molecule has 1 N–H and O–H groups in total. The van der Waals surface area contributed by atoms with E-state index in [0.717, 1.165) is 5.76 Å². The van der Waals surface area contributed by atoms with Gasteiger partial charge in [0.05, 0.1) is 18.8 Å². The van der Waals surface area contributed by atoms with Gasteiger partial charge in [-0.3, -0.25) is 0 Å². The van der Waals surface area contributed by atoms with Gasteiger partial charge < -0.3 is 14.6 Å². The molecule has 0 aliphatic heterocycles. The summed E-state index contributed by atoms with van der Waals surface area (Å²) < 4.78 is 11.1. The van der Waals surface area contributed by atoms with E-state index in [1.807, 2.05) is 39.0 Å². The Kier molecular flexibility index (Phi) is 4.36. The number of aliphatic hydroxyl groups excluding tert-OH is 1. The predicted molar refractivity (Wildman–Crippen MR) is 59.5 cm³/mol. The molecule has 0 aromatic heterocycles. The van der Waals surface area contributed by atoms with Crippen molar-refractivity contribution in [2.24, 2.45) is 5.92 Å². The molecule has 1 aliphatic carbocycles. The Balaban J connectivity index is 2.83. The van der Waals surface area contributed by atoms with Crippen molar-refractivity contribution in [1.29, 1.82) is 0 Å². The van der Waals surface area contributed by atoms with E-state index in [-0.39, 0.29) is 12.5 Å². The predicted octanol–water partition coefficient (Wildman–Crippen LogP) is 1.88. The van der Waals surface area contributed by atoms with E-state index < -0.39 is 5.60 Å². The van der Waals surface area contributed by atoms with E-state index in [1.54, 1.807) is 0 Å². The quantitative estimate of drug-likeness (QED) is 0.756. The number of aliphatic hydroxyl groups is 1. The molecule has 3 nitrogen and oxygen atoms in total. The molecule has 0 unspecified atom stereocenters. The van der Waals surface area contributed by atoms with Gasteiger partial charge in [-0.1, -0.05) is 6.08 Å². The molecule has 1 aliphatic rings. The molecule has 0 bridgehead atoms. The topological polar surface area (TPSA) is 38.7 Å². The summed E-state index contributed by atoms with van der Waals surface area (Å²) in [5.74, 6) is 0.819. The van der Waals surface area contributed by atoms with Crippen LogP contribution in [0.4, 0.5) is 0 Å². The van der Waals surface area contributed by atoms with Gasteiger partial charge in [0.2, 0.25) is 0 Å². The first-order chi connectivity index (χ1) is 7.16. The second-order valence-corrected chi connectivity index (χ2v) is 3.74. The van der Waals surface area contributed by atoms with Crippen molar-refractivity contribution in [1.82, 2.24) is 0 Å². The van der Waals surface area contributed by atoms with Gasteiger partial charge in [-0.05, 0) is 32.9 Å². The van der Waals surface area contributed by atoms with Crippen LogP contribution in [0.2, 0.25) is 0 Å². The molecule has 0 saturated carbocycles. The van der Waals surface area contributed by atoms with E-state index >= 15 is 0 Å². The summed E-state index contributed by atoms with van der Waals surface area (Å²) >= 11 is 0. The van der Waals surface area contributed by atoms with Gasteiger partial charge >= 0.3 is 0 Å². The van der Waals surface area contributed by atoms with Crippen LogP contribution in [0.15, 0.2) is 24.0 Å². The van der Waals surface area contributed by atoms with Crippen LogP contribution in [0, 0.1) is 5.92 Å². The van der Waals surface area contributed by atoms with Crippen LogP contribution >= 0.6 is 0 Å². The van der Waals surface area contributed by atoms with Gasteiger partial charge in [0.25, 0.3) is 0 Å². The highest BCUT2D eigenvalue weighted by atomic mass is 16.5. The fourth-order valence-corrected chi connectivity index (χ4v) is 1.80. The minimum absolute atomic E-state index is 0.00153. The van der Waals surface area contributed by atoms with E-state index in [2.05, 4.69) is 0 Å². The number of rotatable bonds is 5. The zero-order valence-corrected chi connectivity index (χ0v) is 9.69. The molecular formula is C12H20O3. The highest BCUT2D eigenvalue weighted by Crippen LogP contribution is 2.30. The van der Waals surface area contributed by atoms with Crippen LogP contribution in [0.1, 0.15) is 20.8 Å². The molecule has 0 aromatic carbocycles. The first kappa shape index (κ1) is 12.3. The lowest BCUT2D eigenvalue weighted by molar-refractivity contribution is -0.0355. The lowest BCUT2D eigenvalue weighted by Gasteiger charge is -2.34. The summed E-state index contributed by atoms with van der Waals surface area (Å²) in [6, 6.07) is 0. The van der Waals surface area contributed by atoms with Crippen molar-refractivity contribution < 1.29 is 14.6 Å². The normalized spacial score (nSPS) is 30.1. The Morgan fingerprint density at radius 3 is 2.67 bits per heavy atom. The van der Waals surface area contributed by atoms with Crippen LogP contribution in [0.5, 0.6) is 0 Å². The van der Waals surface area contributed by atoms with E-state index in [0.29, 0.717) is 13.2 Å². The van der Waals surface area contributed by atoms with E-state index in [9.17, 15) is 5.11 Å². The molecule has 0 heterocycles. The van der Waals surface area contributed by atoms with Crippen LogP contribution < -0.4 is 0 Å². The average molecular weight is 212 g/mol. The summed E-state index contributed by atoms with van der Waals surface area (Å²) in [6.07, 6.45) is 5.78. The molecule has 15 heavy (non-hydrogen) atoms. The van der Waals surface area contributed by atoms with Crippen LogP contribution in [0.3, 0.4) is 0 Å². The smallest absolute Gasteiger partial charge is 0.117 e. The lowest BCUT2D eigenvalue weighted by atomic mass is 9.85. The summed E-state index contributed by atoms with van der Waals surface area (Å²) in [7, 11) is 0. The zero-order chi connectivity index (χ0) is 11.3. The van der Waals surface area contributed by atoms with Gasteiger partial charge in [-0.2, -0.15) is 0 Å². The third-order valence-electron chi connectivity index (χ3n) is 2.62. The zero-order valence-electron chi connectivity index (χ0n) is 9.69. The van der Waals surface area contributed by atoms with E-state index in [4.69, 9.17) is 9.47 Å². The number of ether oxygens (including phenoxy) is 2. The molecule has 86 valence electrons. The van der Waals surface area contributed by atoms with Crippen LogP contribution in [0.25, 0.3) is 0 Å². The third kappa shape index (κ3) is 2.83. The largest absolute Gasteiger partial charge is 0.494 e. The van der Waals surface area contributed by atoms with Gasteiger partial charge in [-0.15, -0.1) is 0 Å². The molecule has 0 spiro atoms. The molecule has 3 heteroatoms. The highest BCUT2D eigenvalue weighted by Gasteiger charge is 2.33. The number of allylic oxidation sites excluding steroid dienone is 1. The van der Waals surface area contributed by atoms with Crippen molar-refractivity contribution in [3.05, 3.63) is 24.0 Å². The van der Waals surface area contributed by atoms with Gasteiger partial charge in [-0.25, -0.2) is 0 Å². The van der Waals surface area contributed by atoms with Crippen molar-refractivity contribution in [2.45, 2.75) is 26.4 Å². The fraction of sp³-hybridized carbons (Fsp3) is 0.667. The second kappa shape index (κ2) is 5.33. The Morgan fingerprint density at radius 1 is 1.40 bits per heavy atom. The lowest BCUT2D eigenvalue weighted by Crippen LogP contribution is -2.39. The minimum atomic E-state index is -0.456. The van der Waals surface area contributed by atoms with Crippen molar-refractivity contribution in [3.63, 3.8) is 0 Å². The number of hydrogen-bond donors (Lipinski definition) is 1. The van der Waals surface area contributed by atoms with Gasteiger partial charge in [0, 0.05) is 12.5 Å². The molecular weight excluding hydrogens is 192 g/mol. The van der Waals surface area contributed by atoms with Crippen molar-refractivity contribution >= 4 is 0 Å². The monoisotopic (exact) mass is 212 g/mol. The van der Waals surface area contributed by atoms with Gasteiger partial charge in [0.1, 0.15) is 5.76 Å². The third-order valence-corrected chi connectivity index (χ3v) is 2.62. The van der Waals surface area contributed by atoms with Gasteiger partial charge in [0.15, 0.2) is 0 Å². The summed E-state index contributed by atoms with van der Waals surface area (Å²) in [5.41, 5.74) is -0.456. The first-order valence-corrected chi connectivity index (χ1v) is 5.45. The van der Waals surface area contributed by atoms with Crippen LogP contribution in [-0.4, -0.2) is 30.5 Å². The Hall–Kier alpha value is -0.800. The molecule has 0 saturated heterocycles. The Bertz CT molecular complexity index is 258. The molecule has 0 radical (unpaired) electrons. The SMILES string of the molecule is CCOC1=C[C@](C)(OCC)[C@H](CO)C=C1. The summed E-state index contributed by atoms with van der Waals surface area (Å²) in [5, 5.41) is 9.27.